The van der Waals surface area contributed by atoms with Crippen molar-refractivity contribution in [3.8, 4) is 11.1 Å². The van der Waals surface area contributed by atoms with E-state index in [2.05, 4.69) is 86.0 Å². The Balaban J connectivity index is 2.03. The minimum atomic E-state index is 1.19. The van der Waals surface area contributed by atoms with Crippen LogP contribution >= 0.6 is 0 Å². The zero-order chi connectivity index (χ0) is 27.3. The minimum absolute atomic E-state index is 1.19. The molecule has 2 nitrogen and oxygen atoms in total. The van der Waals surface area contributed by atoms with Crippen LogP contribution in [0.1, 0.15) is 130 Å². The summed E-state index contributed by atoms with van der Waals surface area (Å²) in [6.07, 6.45) is 21.2. The summed E-state index contributed by atoms with van der Waals surface area (Å²) >= 11 is 0. The fourth-order valence-corrected chi connectivity index (χ4v) is 5.39. The van der Waals surface area contributed by atoms with E-state index in [9.17, 15) is 0 Å². The molecule has 0 aliphatic carbocycles. The first-order chi connectivity index (χ1) is 18.7. The van der Waals surface area contributed by atoms with Crippen LogP contribution in [-0.4, -0.2) is 26.2 Å². The Kier molecular flexibility index (Phi) is 17.8. The number of benzene rings is 2. The Hall–Kier alpha value is -1.96. The molecule has 0 radical (unpaired) electrons. The Morgan fingerprint density at radius 1 is 0.342 bits per heavy atom. The highest BCUT2D eigenvalue weighted by Crippen LogP contribution is 2.27. The van der Waals surface area contributed by atoms with Gasteiger partial charge in [0.1, 0.15) is 0 Å². The molecule has 2 aromatic rings. The Labute approximate surface area is 237 Å². The lowest BCUT2D eigenvalue weighted by molar-refractivity contribution is 0.609. The van der Waals surface area contributed by atoms with Crippen LogP contribution in [0.2, 0.25) is 0 Å². The SMILES string of the molecule is CCCCCCN(CCCCCC)c1ccc(-c2ccc(N(CCCCCC)CCCCCC)cc2)cc1. The second-order valence-corrected chi connectivity index (χ2v) is 11.3. The Morgan fingerprint density at radius 2 is 0.605 bits per heavy atom. The summed E-state index contributed by atoms with van der Waals surface area (Å²) < 4.78 is 0. The summed E-state index contributed by atoms with van der Waals surface area (Å²) in [5, 5.41) is 0. The first-order valence-electron chi connectivity index (χ1n) is 16.4. The number of rotatable bonds is 23. The highest BCUT2D eigenvalue weighted by atomic mass is 15.1. The third-order valence-electron chi connectivity index (χ3n) is 7.92. The van der Waals surface area contributed by atoms with Gasteiger partial charge in [-0.3, -0.25) is 0 Å². The maximum Gasteiger partial charge on any atom is 0.0366 e. The molecule has 0 amide bonds. The molecule has 2 aromatic carbocycles. The van der Waals surface area contributed by atoms with E-state index in [1.54, 1.807) is 0 Å². The number of unbranched alkanes of at least 4 members (excludes halogenated alkanes) is 12. The topological polar surface area (TPSA) is 6.48 Å². The van der Waals surface area contributed by atoms with Crippen LogP contribution in [0.5, 0.6) is 0 Å². The molecular formula is C36H60N2. The molecule has 0 saturated carbocycles. The smallest absolute Gasteiger partial charge is 0.0366 e. The van der Waals surface area contributed by atoms with Crippen molar-refractivity contribution in [2.24, 2.45) is 0 Å². The van der Waals surface area contributed by atoms with Gasteiger partial charge in [-0.1, -0.05) is 129 Å². The van der Waals surface area contributed by atoms with Crippen molar-refractivity contribution >= 4 is 11.4 Å². The molecule has 0 aromatic heterocycles. The molecule has 0 saturated heterocycles. The summed E-state index contributed by atoms with van der Waals surface area (Å²) in [4.78, 5) is 5.26. The predicted octanol–water partition coefficient (Wildman–Crippen LogP) is 11.3. The van der Waals surface area contributed by atoms with Crippen molar-refractivity contribution in [2.75, 3.05) is 36.0 Å². The molecule has 214 valence electrons. The summed E-state index contributed by atoms with van der Waals surface area (Å²) in [6.45, 7) is 13.9. The van der Waals surface area contributed by atoms with Gasteiger partial charge in [-0.2, -0.15) is 0 Å². The van der Waals surface area contributed by atoms with E-state index in [0.29, 0.717) is 0 Å². The van der Waals surface area contributed by atoms with E-state index in [1.807, 2.05) is 0 Å². The molecule has 0 N–H and O–H groups in total. The largest absolute Gasteiger partial charge is 0.372 e. The van der Waals surface area contributed by atoms with Gasteiger partial charge < -0.3 is 9.80 Å². The van der Waals surface area contributed by atoms with Gasteiger partial charge in [-0.05, 0) is 61.1 Å². The van der Waals surface area contributed by atoms with Crippen LogP contribution in [-0.2, 0) is 0 Å². The quantitative estimate of drug-likeness (QED) is 0.134. The third-order valence-corrected chi connectivity index (χ3v) is 7.92. The summed E-state index contributed by atoms with van der Waals surface area (Å²) in [5.74, 6) is 0. The van der Waals surface area contributed by atoms with Gasteiger partial charge in [0.25, 0.3) is 0 Å². The molecule has 0 aliphatic heterocycles. The van der Waals surface area contributed by atoms with Crippen LogP contribution in [0.15, 0.2) is 48.5 Å². The van der Waals surface area contributed by atoms with Crippen LogP contribution in [0.3, 0.4) is 0 Å². The maximum absolute atomic E-state index is 2.63. The Morgan fingerprint density at radius 3 is 0.842 bits per heavy atom. The lowest BCUT2D eigenvalue weighted by Gasteiger charge is -2.26. The zero-order valence-corrected chi connectivity index (χ0v) is 25.7. The average molecular weight is 521 g/mol. The van der Waals surface area contributed by atoms with Crippen molar-refractivity contribution in [3.05, 3.63) is 48.5 Å². The van der Waals surface area contributed by atoms with E-state index < -0.39 is 0 Å². The van der Waals surface area contributed by atoms with Crippen molar-refractivity contribution in [3.63, 3.8) is 0 Å². The molecule has 2 heteroatoms. The van der Waals surface area contributed by atoms with Gasteiger partial charge in [0, 0.05) is 37.6 Å². The van der Waals surface area contributed by atoms with E-state index in [0.717, 1.165) is 0 Å². The first kappa shape index (κ1) is 32.3. The second kappa shape index (κ2) is 20.9. The predicted molar refractivity (Wildman–Crippen MR) is 173 cm³/mol. The molecule has 0 spiro atoms. The Bertz CT molecular complexity index is 702. The third kappa shape index (κ3) is 12.7. The molecule has 0 fully saturated rings. The van der Waals surface area contributed by atoms with Gasteiger partial charge in [-0.25, -0.2) is 0 Å². The van der Waals surface area contributed by atoms with Crippen molar-refractivity contribution in [2.45, 2.75) is 130 Å². The minimum Gasteiger partial charge on any atom is -0.372 e. The van der Waals surface area contributed by atoms with Gasteiger partial charge in [0.15, 0.2) is 0 Å². The highest BCUT2D eigenvalue weighted by Gasteiger charge is 2.09. The van der Waals surface area contributed by atoms with E-state index in [4.69, 9.17) is 0 Å². The molecule has 0 unspecified atom stereocenters. The molecule has 0 aliphatic rings. The van der Waals surface area contributed by atoms with Gasteiger partial charge >= 0.3 is 0 Å². The summed E-state index contributed by atoms with van der Waals surface area (Å²) in [5.41, 5.74) is 5.44. The van der Waals surface area contributed by atoms with Gasteiger partial charge in [0.05, 0.1) is 0 Å². The normalized spacial score (nSPS) is 11.2. The molecule has 0 atom stereocenters. The zero-order valence-electron chi connectivity index (χ0n) is 25.7. The molecule has 0 bridgehead atoms. The number of hydrogen-bond acceptors (Lipinski definition) is 2. The standard InChI is InChI=1S/C36H60N2/c1-5-9-13-17-29-37(30-18-14-10-6-2)35-25-21-33(22-26-35)34-23-27-36(28-24-34)38(31-19-15-11-7-3)32-20-16-12-8-4/h21-28H,5-20,29-32H2,1-4H3. The number of anilines is 2. The molecule has 2 rings (SSSR count). The highest BCUT2D eigenvalue weighted by molar-refractivity contribution is 5.68. The number of hydrogen-bond donors (Lipinski definition) is 0. The summed E-state index contributed by atoms with van der Waals surface area (Å²) in [7, 11) is 0. The summed E-state index contributed by atoms with van der Waals surface area (Å²) in [6, 6.07) is 18.8. The van der Waals surface area contributed by atoms with Crippen molar-refractivity contribution in [1.29, 1.82) is 0 Å². The number of nitrogens with zero attached hydrogens (tertiary/aromatic N) is 2. The fourth-order valence-electron chi connectivity index (χ4n) is 5.39. The van der Waals surface area contributed by atoms with Crippen molar-refractivity contribution < 1.29 is 0 Å². The monoisotopic (exact) mass is 520 g/mol. The first-order valence-corrected chi connectivity index (χ1v) is 16.4. The molecular weight excluding hydrogens is 460 g/mol. The second-order valence-electron chi connectivity index (χ2n) is 11.3. The molecule has 0 heterocycles. The van der Waals surface area contributed by atoms with Crippen LogP contribution in [0, 0.1) is 0 Å². The maximum atomic E-state index is 2.63. The van der Waals surface area contributed by atoms with E-state index in [1.165, 1.54) is 151 Å². The lowest BCUT2D eigenvalue weighted by atomic mass is 10.0. The van der Waals surface area contributed by atoms with E-state index >= 15 is 0 Å². The van der Waals surface area contributed by atoms with Gasteiger partial charge in [-0.15, -0.1) is 0 Å². The fraction of sp³-hybridized carbons (Fsp3) is 0.667. The van der Waals surface area contributed by atoms with Gasteiger partial charge in [0.2, 0.25) is 0 Å². The van der Waals surface area contributed by atoms with E-state index in [-0.39, 0.29) is 0 Å². The van der Waals surface area contributed by atoms with Crippen LogP contribution in [0.4, 0.5) is 11.4 Å². The van der Waals surface area contributed by atoms with Crippen LogP contribution < -0.4 is 9.80 Å². The van der Waals surface area contributed by atoms with Crippen LogP contribution in [0.25, 0.3) is 11.1 Å². The van der Waals surface area contributed by atoms with Crippen molar-refractivity contribution in [1.82, 2.24) is 0 Å². The lowest BCUT2D eigenvalue weighted by Crippen LogP contribution is -2.25. The average Bonchev–Trinajstić information content (AvgIpc) is 2.96. The molecule has 38 heavy (non-hydrogen) atoms.